The van der Waals surface area contributed by atoms with Gasteiger partial charge in [0.25, 0.3) is 0 Å². The van der Waals surface area contributed by atoms with Crippen molar-refractivity contribution >= 4 is 11.7 Å². The number of hydrogen-bond acceptors (Lipinski definition) is 4. The predicted molar refractivity (Wildman–Crippen MR) is 56.0 cm³/mol. The number of nitriles is 1. The minimum Gasteiger partial charge on any atom is -0.368 e. The molecule has 0 aromatic carbocycles. The van der Waals surface area contributed by atoms with Crippen molar-refractivity contribution in [2.24, 2.45) is 5.73 Å². The Bertz CT molecular complexity index is 422. The van der Waals surface area contributed by atoms with Gasteiger partial charge < -0.3 is 11.1 Å². The zero-order chi connectivity index (χ0) is 11.4. The van der Waals surface area contributed by atoms with E-state index in [1.54, 1.807) is 26.0 Å². The number of pyridine rings is 1. The van der Waals surface area contributed by atoms with E-state index in [1.807, 2.05) is 6.07 Å². The van der Waals surface area contributed by atoms with E-state index in [1.165, 1.54) is 0 Å². The van der Waals surface area contributed by atoms with Crippen molar-refractivity contribution in [1.29, 1.82) is 5.26 Å². The number of nitrogens with zero attached hydrogens (tertiary/aromatic N) is 2. The molecule has 0 aliphatic heterocycles. The van der Waals surface area contributed by atoms with Crippen molar-refractivity contribution < 1.29 is 4.79 Å². The molecule has 5 heteroatoms. The van der Waals surface area contributed by atoms with E-state index in [4.69, 9.17) is 11.0 Å². The fraction of sp³-hybridized carbons (Fsp3) is 0.300. The van der Waals surface area contributed by atoms with Gasteiger partial charge in [-0.25, -0.2) is 4.98 Å². The second-order valence-corrected chi connectivity index (χ2v) is 3.23. The molecule has 1 aromatic rings. The van der Waals surface area contributed by atoms with E-state index >= 15 is 0 Å². The highest BCUT2D eigenvalue weighted by Crippen LogP contribution is 2.12. The SMILES string of the molecule is Cc1ccc(C#N)c(NC(C)C(N)=O)n1. The number of nitrogens with two attached hydrogens (primary N) is 1. The van der Waals surface area contributed by atoms with Crippen LogP contribution in [0.1, 0.15) is 18.2 Å². The second kappa shape index (κ2) is 4.42. The number of anilines is 1. The van der Waals surface area contributed by atoms with Crippen molar-refractivity contribution in [2.75, 3.05) is 5.32 Å². The predicted octanol–water partition coefficient (Wildman–Crippen LogP) is 0.547. The second-order valence-electron chi connectivity index (χ2n) is 3.23. The molecule has 0 fully saturated rings. The van der Waals surface area contributed by atoms with Crippen LogP contribution in [-0.4, -0.2) is 16.9 Å². The Morgan fingerprint density at radius 3 is 2.87 bits per heavy atom. The summed E-state index contributed by atoms with van der Waals surface area (Å²) < 4.78 is 0. The van der Waals surface area contributed by atoms with Crippen LogP contribution in [0.3, 0.4) is 0 Å². The fourth-order valence-electron chi connectivity index (χ4n) is 1.03. The van der Waals surface area contributed by atoms with E-state index in [2.05, 4.69) is 10.3 Å². The average molecular weight is 204 g/mol. The van der Waals surface area contributed by atoms with Crippen LogP contribution in [0.2, 0.25) is 0 Å². The Morgan fingerprint density at radius 2 is 2.33 bits per heavy atom. The number of nitrogens with one attached hydrogen (secondary N) is 1. The smallest absolute Gasteiger partial charge is 0.239 e. The maximum atomic E-state index is 10.8. The van der Waals surface area contributed by atoms with Crippen LogP contribution in [0.4, 0.5) is 5.82 Å². The van der Waals surface area contributed by atoms with Gasteiger partial charge in [-0.05, 0) is 26.0 Å². The van der Waals surface area contributed by atoms with Crippen molar-refractivity contribution in [3.8, 4) is 6.07 Å². The molecular weight excluding hydrogens is 192 g/mol. The van der Waals surface area contributed by atoms with Crippen molar-refractivity contribution in [3.63, 3.8) is 0 Å². The zero-order valence-electron chi connectivity index (χ0n) is 8.61. The molecule has 1 amide bonds. The van der Waals surface area contributed by atoms with Gasteiger partial charge in [0.1, 0.15) is 17.9 Å². The normalized spacial score (nSPS) is 11.5. The summed E-state index contributed by atoms with van der Waals surface area (Å²) in [6.45, 7) is 3.43. The quantitative estimate of drug-likeness (QED) is 0.751. The molecule has 1 rings (SSSR count). The molecule has 0 bridgehead atoms. The molecule has 1 unspecified atom stereocenters. The van der Waals surface area contributed by atoms with Crippen molar-refractivity contribution in [1.82, 2.24) is 4.98 Å². The maximum absolute atomic E-state index is 10.8. The Hall–Kier alpha value is -2.09. The Kier molecular flexibility index (Phi) is 3.24. The van der Waals surface area contributed by atoms with Crippen molar-refractivity contribution in [2.45, 2.75) is 19.9 Å². The lowest BCUT2D eigenvalue weighted by Gasteiger charge is -2.12. The first kappa shape index (κ1) is 11.0. The molecule has 3 N–H and O–H groups in total. The third-order valence-electron chi connectivity index (χ3n) is 1.93. The Morgan fingerprint density at radius 1 is 1.67 bits per heavy atom. The van der Waals surface area contributed by atoms with Gasteiger partial charge in [0.15, 0.2) is 0 Å². The molecule has 15 heavy (non-hydrogen) atoms. The molecule has 1 aromatic heterocycles. The molecule has 0 saturated carbocycles. The summed E-state index contributed by atoms with van der Waals surface area (Å²) in [5.74, 6) is -0.0917. The van der Waals surface area contributed by atoms with Gasteiger partial charge >= 0.3 is 0 Å². The summed E-state index contributed by atoms with van der Waals surface area (Å²) in [6, 6.07) is 4.83. The van der Waals surface area contributed by atoms with E-state index in [0.717, 1.165) is 5.69 Å². The number of rotatable bonds is 3. The minimum atomic E-state index is -0.550. The van der Waals surface area contributed by atoms with Crippen LogP contribution >= 0.6 is 0 Å². The number of hydrogen-bond donors (Lipinski definition) is 2. The fourth-order valence-corrected chi connectivity index (χ4v) is 1.03. The molecule has 0 aliphatic carbocycles. The molecule has 1 atom stereocenters. The molecule has 78 valence electrons. The van der Waals surface area contributed by atoms with Crippen LogP contribution in [0.25, 0.3) is 0 Å². The highest BCUT2D eigenvalue weighted by molar-refractivity contribution is 5.82. The molecule has 0 saturated heterocycles. The summed E-state index contributed by atoms with van der Waals surface area (Å²) in [5.41, 5.74) is 6.27. The summed E-state index contributed by atoms with van der Waals surface area (Å²) >= 11 is 0. The van der Waals surface area contributed by atoms with Gasteiger partial charge in [0, 0.05) is 5.69 Å². The molecule has 0 spiro atoms. The highest BCUT2D eigenvalue weighted by Gasteiger charge is 2.11. The van der Waals surface area contributed by atoms with Crippen LogP contribution in [0, 0.1) is 18.3 Å². The Labute approximate surface area is 87.9 Å². The summed E-state index contributed by atoms with van der Waals surface area (Å²) in [5, 5.41) is 11.6. The lowest BCUT2D eigenvalue weighted by atomic mass is 10.2. The largest absolute Gasteiger partial charge is 0.368 e. The number of amides is 1. The van der Waals surface area contributed by atoms with Gasteiger partial charge in [-0.3, -0.25) is 4.79 Å². The lowest BCUT2D eigenvalue weighted by Crippen LogP contribution is -2.33. The number of carbonyl (C=O) groups is 1. The third-order valence-corrected chi connectivity index (χ3v) is 1.93. The summed E-state index contributed by atoms with van der Waals surface area (Å²) in [4.78, 5) is 15.0. The van der Waals surface area contributed by atoms with Crippen molar-refractivity contribution in [3.05, 3.63) is 23.4 Å². The van der Waals surface area contributed by atoms with Gasteiger partial charge in [0.05, 0.1) is 5.56 Å². The standard InChI is InChI=1S/C10H12N4O/c1-6-3-4-8(5-11)10(13-6)14-7(2)9(12)15/h3-4,7H,1-2H3,(H2,12,15)(H,13,14). The monoisotopic (exact) mass is 204 g/mol. The van der Waals surface area contributed by atoms with Gasteiger partial charge in [-0.1, -0.05) is 0 Å². The first-order valence-corrected chi connectivity index (χ1v) is 4.48. The maximum Gasteiger partial charge on any atom is 0.239 e. The van der Waals surface area contributed by atoms with Crippen LogP contribution in [0.5, 0.6) is 0 Å². The van der Waals surface area contributed by atoms with Gasteiger partial charge in [-0.2, -0.15) is 5.26 Å². The number of aromatic nitrogens is 1. The first-order chi connectivity index (χ1) is 7.04. The van der Waals surface area contributed by atoms with E-state index in [0.29, 0.717) is 11.4 Å². The van der Waals surface area contributed by atoms with Gasteiger partial charge in [0.2, 0.25) is 5.91 Å². The first-order valence-electron chi connectivity index (χ1n) is 4.48. The molecule has 0 aliphatic rings. The van der Waals surface area contributed by atoms with Gasteiger partial charge in [-0.15, -0.1) is 0 Å². The Balaban J connectivity index is 2.98. The van der Waals surface area contributed by atoms with E-state index in [-0.39, 0.29) is 0 Å². The minimum absolute atomic E-state index is 0.392. The van der Waals surface area contributed by atoms with Crippen LogP contribution in [-0.2, 0) is 4.79 Å². The third kappa shape index (κ3) is 2.68. The molecule has 0 radical (unpaired) electrons. The summed E-state index contributed by atoms with van der Waals surface area (Å²) in [6.07, 6.45) is 0. The summed E-state index contributed by atoms with van der Waals surface area (Å²) in [7, 11) is 0. The van der Waals surface area contributed by atoms with E-state index in [9.17, 15) is 4.79 Å². The van der Waals surface area contributed by atoms with E-state index < -0.39 is 11.9 Å². The zero-order valence-corrected chi connectivity index (χ0v) is 8.61. The number of aryl methyl sites for hydroxylation is 1. The molecule has 5 nitrogen and oxygen atoms in total. The molecular formula is C10H12N4O. The lowest BCUT2D eigenvalue weighted by molar-refractivity contribution is -0.118. The highest BCUT2D eigenvalue weighted by atomic mass is 16.1. The number of carbonyl (C=O) groups excluding carboxylic acids is 1. The molecule has 1 heterocycles. The topological polar surface area (TPSA) is 91.8 Å². The van der Waals surface area contributed by atoms with Crippen LogP contribution < -0.4 is 11.1 Å². The number of primary amides is 1. The van der Waals surface area contributed by atoms with Crippen LogP contribution in [0.15, 0.2) is 12.1 Å². The average Bonchev–Trinajstić information content (AvgIpc) is 2.18.